The second-order valence-corrected chi connectivity index (χ2v) is 6.27. The molecule has 0 unspecified atom stereocenters. The van der Waals surface area contributed by atoms with Gasteiger partial charge in [0.05, 0.1) is 5.69 Å². The number of aliphatic hydroxyl groups is 1. The minimum Gasteiger partial charge on any atom is -0.396 e. The summed E-state index contributed by atoms with van der Waals surface area (Å²) in [7, 11) is 6.04. The minimum atomic E-state index is 0.189. The van der Waals surface area contributed by atoms with Gasteiger partial charge in [0.2, 0.25) is 0 Å². The Morgan fingerprint density at radius 1 is 1.26 bits per heavy atom. The van der Waals surface area contributed by atoms with Gasteiger partial charge in [0.25, 0.3) is 0 Å². The van der Waals surface area contributed by atoms with Crippen molar-refractivity contribution in [3.8, 4) is 0 Å². The predicted molar refractivity (Wildman–Crippen MR) is 94.7 cm³/mol. The maximum absolute atomic E-state index is 9.62. The molecule has 0 fully saturated rings. The van der Waals surface area contributed by atoms with Crippen LogP contribution >= 0.6 is 0 Å². The average Bonchev–Trinajstić information content (AvgIpc) is 2.81. The Labute approximate surface area is 138 Å². The van der Waals surface area contributed by atoms with Crippen LogP contribution in [0.3, 0.4) is 0 Å². The number of aliphatic hydroxyl groups excluding tert-OH is 1. The summed E-state index contributed by atoms with van der Waals surface area (Å²) >= 11 is 0. The normalized spacial score (nSPS) is 12.4. The molecule has 1 atom stereocenters. The summed E-state index contributed by atoms with van der Waals surface area (Å²) in [5.74, 6) is 1.34. The number of nitrogens with zero attached hydrogens (tertiary/aromatic N) is 3. The average molecular weight is 316 g/mol. The Bertz CT molecular complexity index is 607. The summed E-state index contributed by atoms with van der Waals surface area (Å²) in [4.78, 5) is 2.09. The first-order valence-electron chi connectivity index (χ1n) is 8.08. The van der Waals surface area contributed by atoms with E-state index in [-0.39, 0.29) is 12.5 Å². The Balaban J connectivity index is 1.93. The monoisotopic (exact) mass is 316 g/mol. The maximum atomic E-state index is 9.62. The van der Waals surface area contributed by atoms with E-state index < -0.39 is 0 Å². The molecule has 0 radical (unpaired) electrons. The lowest BCUT2D eigenvalue weighted by Crippen LogP contribution is -2.27. The predicted octanol–water partition coefficient (Wildman–Crippen LogP) is 1.74. The molecule has 5 heteroatoms. The highest BCUT2D eigenvalue weighted by atomic mass is 16.3. The van der Waals surface area contributed by atoms with Gasteiger partial charge in [0.15, 0.2) is 0 Å². The standard InChI is InChI=1S/C18H28N4O/c1-14-17(18(21(2)3)22(4)20-14)12-19-11-16(13-23)10-15-8-6-5-7-9-15/h5-9,16,19,23H,10-13H2,1-4H3/t16-/m1/s1. The number of nitrogens with one attached hydrogen (secondary N) is 1. The van der Waals surface area contributed by atoms with Gasteiger partial charge in [-0.25, -0.2) is 0 Å². The van der Waals surface area contributed by atoms with Crippen LogP contribution in [0, 0.1) is 12.8 Å². The second kappa shape index (κ2) is 8.13. The van der Waals surface area contributed by atoms with Gasteiger partial charge in [-0.3, -0.25) is 4.68 Å². The van der Waals surface area contributed by atoms with E-state index in [0.717, 1.165) is 31.0 Å². The van der Waals surface area contributed by atoms with Gasteiger partial charge in [-0.15, -0.1) is 0 Å². The molecule has 126 valence electrons. The molecule has 5 nitrogen and oxygen atoms in total. The molecule has 0 aliphatic heterocycles. The number of anilines is 1. The van der Waals surface area contributed by atoms with Gasteiger partial charge in [-0.2, -0.15) is 5.10 Å². The maximum Gasteiger partial charge on any atom is 0.130 e. The molecule has 0 spiro atoms. The largest absolute Gasteiger partial charge is 0.396 e. The molecule has 0 saturated heterocycles. The van der Waals surface area contributed by atoms with Crippen molar-refractivity contribution in [1.29, 1.82) is 0 Å². The zero-order valence-corrected chi connectivity index (χ0v) is 14.6. The number of hydrogen-bond acceptors (Lipinski definition) is 4. The van der Waals surface area contributed by atoms with Crippen LogP contribution in [0.4, 0.5) is 5.82 Å². The number of aryl methyl sites for hydroxylation is 2. The van der Waals surface area contributed by atoms with Crippen LogP contribution in [-0.4, -0.2) is 42.1 Å². The SMILES string of the molecule is Cc1nn(C)c(N(C)C)c1CNC[C@H](CO)Cc1ccccc1. The molecule has 23 heavy (non-hydrogen) atoms. The quantitative estimate of drug-likeness (QED) is 0.779. The van der Waals surface area contributed by atoms with Crippen LogP contribution in [0.5, 0.6) is 0 Å². The van der Waals surface area contributed by atoms with Crippen molar-refractivity contribution in [1.82, 2.24) is 15.1 Å². The van der Waals surface area contributed by atoms with Crippen molar-refractivity contribution < 1.29 is 5.11 Å². The lowest BCUT2D eigenvalue weighted by molar-refractivity contribution is 0.221. The molecule has 2 N–H and O–H groups in total. The summed E-state index contributed by atoms with van der Waals surface area (Å²) in [5.41, 5.74) is 3.53. The van der Waals surface area contributed by atoms with Crippen LogP contribution in [0.1, 0.15) is 16.8 Å². The molecule has 0 bridgehead atoms. The first-order valence-corrected chi connectivity index (χ1v) is 8.08. The fourth-order valence-corrected chi connectivity index (χ4v) is 3.01. The Kier molecular flexibility index (Phi) is 6.19. The summed E-state index contributed by atoms with van der Waals surface area (Å²) in [6.45, 7) is 3.77. The van der Waals surface area contributed by atoms with E-state index in [4.69, 9.17) is 0 Å². The lowest BCUT2D eigenvalue weighted by atomic mass is 10.00. The smallest absolute Gasteiger partial charge is 0.130 e. The first kappa shape index (κ1) is 17.5. The molecule has 0 amide bonds. The van der Waals surface area contributed by atoms with Gasteiger partial charge < -0.3 is 15.3 Å². The van der Waals surface area contributed by atoms with Crippen LogP contribution in [0.15, 0.2) is 30.3 Å². The topological polar surface area (TPSA) is 53.3 Å². The van der Waals surface area contributed by atoms with Crippen molar-refractivity contribution >= 4 is 5.82 Å². The van der Waals surface area contributed by atoms with E-state index in [9.17, 15) is 5.11 Å². The highest BCUT2D eigenvalue weighted by Crippen LogP contribution is 2.21. The highest BCUT2D eigenvalue weighted by Gasteiger charge is 2.15. The van der Waals surface area contributed by atoms with E-state index in [2.05, 4.69) is 27.4 Å². The molecule has 1 heterocycles. The number of hydrogen-bond donors (Lipinski definition) is 2. The summed E-state index contributed by atoms with van der Waals surface area (Å²) in [6, 6.07) is 10.3. The number of aromatic nitrogens is 2. The molecule has 0 aliphatic carbocycles. The van der Waals surface area contributed by atoms with Crippen LogP contribution < -0.4 is 10.2 Å². The van der Waals surface area contributed by atoms with Crippen molar-refractivity contribution in [3.63, 3.8) is 0 Å². The van der Waals surface area contributed by atoms with Gasteiger partial charge in [-0.05, 0) is 24.8 Å². The molecule has 2 aromatic rings. The highest BCUT2D eigenvalue weighted by molar-refractivity contribution is 5.48. The Hall–Kier alpha value is -1.85. The van der Waals surface area contributed by atoms with Gasteiger partial charge in [0.1, 0.15) is 5.82 Å². The van der Waals surface area contributed by atoms with Crippen molar-refractivity contribution in [3.05, 3.63) is 47.2 Å². The minimum absolute atomic E-state index is 0.189. The van der Waals surface area contributed by atoms with Crippen molar-refractivity contribution in [2.24, 2.45) is 13.0 Å². The van der Waals surface area contributed by atoms with E-state index >= 15 is 0 Å². The van der Waals surface area contributed by atoms with Crippen molar-refractivity contribution in [2.75, 3.05) is 32.1 Å². The molecular formula is C18H28N4O. The first-order chi connectivity index (χ1) is 11.0. The third-order valence-corrected chi connectivity index (χ3v) is 4.10. The lowest BCUT2D eigenvalue weighted by Gasteiger charge is -2.18. The zero-order chi connectivity index (χ0) is 16.8. The van der Waals surface area contributed by atoms with E-state index in [0.29, 0.717) is 0 Å². The van der Waals surface area contributed by atoms with E-state index in [1.165, 1.54) is 11.1 Å². The van der Waals surface area contributed by atoms with Gasteiger partial charge >= 0.3 is 0 Å². The van der Waals surface area contributed by atoms with Crippen LogP contribution in [-0.2, 0) is 20.0 Å². The molecule has 1 aromatic heterocycles. The van der Waals surface area contributed by atoms with Gasteiger partial charge in [0, 0.05) is 46.4 Å². The van der Waals surface area contributed by atoms with Crippen LogP contribution in [0.2, 0.25) is 0 Å². The third-order valence-electron chi connectivity index (χ3n) is 4.10. The number of benzene rings is 1. The Morgan fingerprint density at radius 3 is 2.57 bits per heavy atom. The molecule has 2 rings (SSSR count). The fourth-order valence-electron chi connectivity index (χ4n) is 3.01. The summed E-state index contributed by atoms with van der Waals surface area (Å²) in [6.07, 6.45) is 0.886. The Morgan fingerprint density at radius 2 is 1.96 bits per heavy atom. The van der Waals surface area contributed by atoms with Crippen molar-refractivity contribution in [2.45, 2.75) is 19.9 Å². The number of rotatable bonds is 8. The second-order valence-electron chi connectivity index (χ2n) is 6.27. The zero-order valence-electron chi connectivity index (χ0n) is 14.6. The van der Waals surface area contributed by atoms with Crippen LogP contribution in [0.25, 0.3) is 0 Å². The third kappa shape index (κ3) is 4.56. The van der Waals surface area contributed by atoms with Gasteiger partial charge in [-0.1, -0.05) is 30.3 Å². The molecule has 0 saturated carbocycles. The summed E-state index contributed by atoms with van der Waals surface area (Å²) < 4.78 is 1.92. The molecule has 0 aliphatic rings. The fraction of sp³-hybridized carbons (Fsp3) is 0.500. The summed E-state index contributed by atoms with van der Waals surface area (Å²) in [5, 5.41) is 17.6. The molecular weight excluding hydrogens is 288 g/mol. The molecule has 1 aromatic carbocycles. The van der Waals surface area contributed by atoms with E-state index in [1.54, 1.807) is 0 Å². The van der Waals surface area contributed by atoms with E-state index in [1.807, 2.05) is 50.9 Å².